The molecule has 8 nitrogen and oxygen atoms in total. The number of likely N-dealkylation sites (N-methyl/N-ethyl adjacent to an activating group) is 1. The fourth-order valence-corrected chi connectivity index (χ4v) is 5.75. The number of rotatable bonds is 2. The third-order valence-corrected chi connectivity index (χ3v) is 7.80. The molecule has 158 valence electrons. The molecule has 2 heterocycles. The fraction of sp³-hybridized carbons (Fsp3) is 0.227. The Hall–Kier alpha value is -3.30. The summed E-state index contributed by atoms with van der Waals surface area (Å²) < 4.78 is 31.8. The summed E-state index contributed by atoms with van der Waals surface area (Å²) in [5.74, 6) is -1.58. The number of nitrogens with zero attached hydrogens (tertiary/aromatic N) is 1. The fourth-order valence-electron chi connectivity index (χ4n) is 4.27. The number of Topliss-reactive ketones (excluding diaryl/α,β-unsaturated/α-hetero) is 1. The summed E-state index contributed by atoms with van der Waals surface area (Å²) in [5, 5.41) is 2.73. The zero-order valence-electron chi connectivity index (χ0n) is 16.5. The summed E-state index contributed by atoms with van der Waals surface area (Å²) in [7, 11) is -2.88. The van der Waals surface area contributed by atoms with Crippen LogP contribution in [0.15, 0.2) is 56.8 Å². The highest BCUT2D eigenvalue weighted by Crippen LogP contribution is 2.30. The summed E-state index contributed by atoms with van der Waals surface area (Å²) in [6.07, 6.45) is 3.94. The maximum Gasteiger partial charge on any atom is 0.251 e. The van der Waals surface area contributed by atoms with Gasteiger partial charge in [0.1, 0.15) is 17.5 Å². The number of sulfonamides is 1. The van der Waals surface area contributed by atoms with E-state index in [-0.39, 0.29) is 16.1 Å². The maximum atomic E-state index is 12.9. The second kappa shape index (κ2) is 6.86. The molecule has 0 bridgehead atoms. The molecule has 1 aliphatic carbocycles. The first-order valence-corrected chi connectivity index (χ1v) is 11.2. The molecule has 1 amide bonds. The molecule has 1 aromatic heterocycles. The van der Waals surface area contributed by atoms with Crippen LogP contribution in [-0.4, -0.2) is 37.5 Å². The molecular weight excluding hydrogens is 420 g/mol. The number of hydrogen-bond donors (Lipinski definition) is 1. The summed E-state index contributed by atoms with van der Waals surface area (Å²) >= 11 is 0. The van der Waals surface area contributed by atoms with Crippen molar-refractivity contribution in [2.45, 2.75) is 30.2 Å². The third kappa shape index (κ3) is 2.92. The standard InChI is InChI=1S/C22H18N2O6S/c1-24-19(21(26)14-7-2-3-8-18(14)31(24,28)29)22(27)23-16-11-30-17-10-13-6-4-5-12(13)9-15(17)20(16)25/h2-3,7-11,19H,4-6H2,1H3,(H,23,27). The highest BCUT2D eigenvalue weighted by Gasteiger charge is 2.45. The molecule has 31 heavy (non-hydrogen) atoms. The van der Waals surface area contributed by atoms with Crippen molar-refractivity contribution in [1.82, 2.24) is 4.31 Å². The molecule has 3 aromatic rings. The van der Waals surface area contributed by atoms with Gasteiger partial charge in [-0.15, -0.1) is 0 Å². The van der Waals surface area contributed by atoms with E-state index >= 15 is 0 Å². The molecule has 2 aliphatic rings. The van der Waals surface area contributed by atoms with Gasteiger partial charge in [-0.1, -0.05) is 12.1 Å². The van der Waals surface area contributed by atoms with Gasteiger partial charge in [0.2, 0.25) is 15.5 Å². The van der Waals surface area contributed by atoms with Crippen LogP contribution < -0.4 is 10.7 Å². The minimum Gasteiger partial charge on any atom is -0.462 e. The van der Waals surface area contributed by atoms with E-state index in [0.29, 0.717) is 11.0 Å². The Balaban J connectivity index is 1.53. The van der Waals surface area contributed by atoms with Gasteiger partial charge in [-0.3, -0.25) is 14.4 Å². The van der Waals surface area contributed by atoms with Gasteiger partial charge in [0.25, 0.3) is 5.91 Å². The van der Waals surface area contributed by atoms with Crippen molar-refractivity contribution < 1.29 is 22.4 Å². The van der Waals surface area contributed by atoms with Crippen molar-refractivity contribution in [2.24, 2.45) is 0 Å². The van der Waals surface area contributed by atoms with E-state index in [4.69, 9.17) is 4.42 Å². The molecule has 1 unspecified atom stereocenters. The smallest absolute Gasteiger partial charge is 0.251 e. The molecule has 9 heteroatoms. The summed E-state index contributed by atoms with van der Waals surface area (Å²) in [6, 6.07) is 7.72. The number of anilines is 1. The third-order valence-electron chi connectivity index (χ3n) is 5.91. The Labute approximate surface area is 177 Å². The first-order valence-electron chi connectivity index (χ1n) is 9.78. The van der Waals surface area contributed by atoms with Crippen molar-refractivity contribution in [3.63, 3.8) is 0 Å². The minimum absolute atomic E-state index is 0.0538. The summed E-state index contributed by atoms with van der Waals surface area (Å²) in [4.78, 5) is 38.6. The lowest BCUT2D eigenvalue weighted by molar-refractivity contribution is -0.118. The molecule has 2 aromatic carbocycles. The van der Waals surface area contributed by atoms with Crippen LogP contribution in [0.5, 0.6) is 0 Å². The molecule has 0 saturated carbocycles. The SMILES string of the molecule is CN1C(C(=O)Nc2coc3cc4c(cc3c2=O)CCC4)C(=O)c2ccccc2S1(=O)=O. The Morgan fingerprint density at radius 3 is 2.61 bits per heavy atom. The Morgan fingerprint density at radius 2 is 1.84 bits per heavy atom. The van der Waals surface area contributed by atoms with E-state index in [9.17, 15) is 22.8 Å². The lowest BCUT2D eigenvalue weighted by Crippen LogP contribution is -2.53. The average Bonchev–Trinajstić information content (AvgIpc) is 3.21. The molecule has 1 atom stereocenters. The predicted octanol–water partition coefficient (Wildman–Crippen LogP) is 2.11. The highest BCUT2D eigenvalue weighted by molar-refractivity contribution is 7.89. The molecule has 0 radical (unpaired) electrons. The largest absolute Gasteiger partial charge is 0.462 e. The lowest BCUT2D eigenvalue weighted by Gasteiger charge is -2.30. The molecule has 1 aliphatic heterocycles. The van der Waals surface area contributed by atoms with Crippen molar-refractivity contribution in [3.05, 3.63) is 69.6 Å². The lowest BCUT2D eigenvalue weighted by atomic mass is 10.0. The van der Waals surface area contributed by atoms with E-state index in [1.165, 1.54) is 31.3 Å². The average molecular weight is 438 g/mol. The number of ketones is 1. The zero-order valence-corrected chi connectivity index (χ0v) is 17.4. The van der Waals surface area contributed by atoms with Gasteiger partial charge in [-0.2, -0.15) is 4.31 Å². The molecule has 1 N–H and O–H groups in total. The van der Waals surface area contributed by atoms with Crippen LogP contribution in [0.2, 0.25) is 0 Å². The van der Waals surface area contributed by atoms with Crippen LogP contribution >= 0.6 is 0 Å². The van der Waals surface area contributed by atoms with Crippen molar-refractivity contribution in [3.8, 4) is 0 Å². The Morgan fingerprint density at radius 1 is 1.13 bits per heavy atom. The first kappa shape index (κ1) is 19.7. The van der Waals surface area contributed by atoms with Crippen molar-refractivity contribution in [2.75, 3.05) is 12.4 Å². The summed E-state index contributed by atoms with van der Waals surface area (Å²) in [5.41, 5.74) is 2.00. The van der Waals surface area contributed by atoms with Crippen LogP contribution in [-0.2, 0) is 27.7 Å². The zero-order chi connectivity index (χ0) is 21.9. The molecule has 0 fully saturated rings. The molecule has 0 spiro atoms. The predicted molar refractivity (Wildman–Crippen MR) is 113 cm³/mol. The number of carbonyl (C=O) groups excluding carboxylic acids is 2. The van der Waals surface area contributed by atoms with Gasteiger partial charge in [-0.05, 0) is 54.7 Å². The number of benzene rings is 2. The number of carbonyl (C=O) groups is 2. The van der Waals surface area contributed by atoms with Gasteiger partial charge in [0.15, 0.2) is 11.8 Å². The summed E-state index contributed by atoms with van der Waals surface area (Å²) in [6.45, 7) is 0. The van der Waals surface area contributed by atoms with Crippen LogP contribution in [0.1, 0.15) is 27.9 Å². The topological polar surface area (TPSA) is 114 Å². The van der Waals surface area contributed by atoms with Crippen LogP contribution in [0, 0.1) is 0 Å². The second-order valence-corrected chi connectivity index (χ2v) is 9.69. The number of aryl methyl sites for hydroxylation is 2. The van der Waals surface area contributed by atoms with E-state index in [1.807, 2.05) is 6.07 Å². The van der Waals surface area contributed by atoms with Gasteiger partial charge in [0, 0.05) is 12.6 Å². The van der Waals surface area contributed by atoms with Crippen molar-refractivity contribution >= 4 is 38.4 Å². The Bertz CT molecular complexity index is 1440. The van der Waals surface area contributed by atoms with Gasteiger partial charge >= 0.3 is 0 Å². The normalized spacial score (nSPS) is 19.8. The quantitative estimate of drug-likeness (QED) is 0.613. The number of amides is 1. The molecular formula is C22H18N2O6S. The number of nitrogens with one attached hydrogen (secondary N) is 1. The van der Waals surface area contributed by atoms with E-state index in [1.54, 1.807) is 6.07 Å². The van der Waals surface area contributed by atoms with Crippen molar-refractivity contribution in [1.29, 1.82) is 0 Å². The monoisotopic (exact) mass is 438 g/mol. The van der Waals surface area contributed by atoms with Crippen LogP contribution in [0.3, 0.4) is 0 Å². The molecule has 5 rings (SSSR count). The Kier molecular flexibility index (Phi) is 4.35. The highest BCUT2D eigenvalue weighted by atomic mass is 32.2. The van der Waals surface area contributed by atoms with Gasteiger partial charge in [-0.25, -0.2) is 8.42 Å². The van der Waals surface area contributed by atoms with E-state index in [0.717, 1.165) is 41.0 Å². The molecule has 0 saturated heterocycles. The van der Waals surface area contributed by atoms with Crippen LogP contribution in [0.25, 0.3) is 11.0 Å². The number of fused-ring (bicyclic) bond motifs is 3. The van der Waals surface area contributed by atoms with Crippen LogP contribution in [0.4, 0.5) is 5.69 Å². The first-order chi connectivity index (χ1) is 14.8. The van der Waals surface area contributed by atoms with Gasteiger partial charge < -0.3 is 9.73 Å². The number of hydrogen-bond acceptors (Lipinski definition) is 6. The minimum atomic E-state index is -4.04. The van der Waals surface area contributed by atoms with E-state index in [2.05, 4.69) is 5.32 Å². The maximum absolute atomic E-state index is 12.9. The van der Waals surface area contributed by atoms with E-state index < -0.39 is 33.2 Å². The van der Waals surface area contributed by atoms with Gasteiger partial charge in [0.05, 0.1) is 10.3 Å². The second-order valence-electron chi connectivity index (χ2n) is 7.72.